The Hall–Kier alpha value is 2.21. The predicted octanol–water partition coefficient (Wildman–Crippen LogP) is -17.3. The Bertz CT molecular complexity index is 110. The SMILES string of the molecule is CC(=O)[O-].O=C([O-])[O-].O=C[O-].[Na+].[Na+].[Na+].[Na+]. The maximum atomic E-state index is 8.89. The molecule has 0 rings (SSSR count). The van der Waals surface area contributed by atoms with Gasteiger partial charge in [-0.25, -0.2) is 0 Å². The molecule has 0 aromatic rings. The normalized spacial score (nSPS) is 4.07. The molecule has 0 aromatic heterocycles. The first kappa shape index (κ1) is 43.4. The minimum atomic E-state index is -2.33. The van der Waals surface area contributed by atoms with Crippen molar-refractivity contribution in [2.45, 2.75) is 6.92 Å². The van der Waals surface area contributed by atoms with E-state index in [1.54, 1.807) is 0 Å². The molecule has 0 radical (unpaired) electrons. The molecule has 66 valence electrons. The fourth-order valence-corrected chi connectivity index (χ4v) is 0. The fraction of sp³-hybridized carbons (Fsp3) is 0.250. The third-order valence-electron chi connectivity index (χ3n) is 0. The van der Waals surface area contributed by atoms with Crippen molar-refractivity contribution in [1.29, 1.82) is 0 Å². The molecule has 15 heavy (non-hydrogen) atoms. The van der Waals surface area contributed by atoms with Crippen molar-refractivity contribution < 1.29 is 153 Å². The number of carbonyl (C=O) groups excluding carboxylic acids is 3. The van der Waals surface area contributed by atoms with Gasteiger partial charge in [0, 0.05) is 12.4 Å². The zero-order valence-corrected chi connectivity index (χ0v) is 17.4. The van der Waals surface area contributed by atoms with Crippen LogP contribution in [0.1, 0.15) is 6.92 Å². The number of aliphatic carboxylic acids is 1. The summed E-state index contributed by atoms with van der Waals surface area (Å²) in [6.45, 7) is 0.472. The third kappa shape index (κ3) is 670. The minimum Gasteiger partial charge on any atom is -0.652 e. The second kappa shape index (κ2) is 44.2. The summed E-state index contributed by atoms with van der Waals surface area (Å²) in [6, 6.07) is 0. The van der Waals surface area contributed by atoms with Gasteiger partial charge in [-0.15, -0.1) is 0 Å². The molecular formula is C4H4Na4O7. The van der Waals surface area contributed by atoms with Crippen molar-refractivity contribution in [2.24, 2.45) is 0 Å². The molecule has 0 saturated carbocycles. The molecule has 0 unspecified atom stereocenters. The van der Waals surface area contributed by atoms with Crippen LogP contribution in [0.5, 0.6) is 0 Å². The molecule has 0 saturated heterocycles. The largest absolute Gasteiger partial charge is 1.00 e. The van der Waals surface area contributed by atoms with Crippen molar-refractivity contribution in [3.05, 3.63) is 0 Å². The molecule has 0 N–H and O–H groups in total. The molecule has 7 nitrogen and oxygen atoms in total. The van der Waals surface area contributed by atoms with Crippen molar-refractivity contribution in [3.63, 3.8) is 0 Å². The Morgan fingerprint density at radius 3 is 0.933 bits per heavy atom. The van der Waals surface area contributed by atoms with Crippen molar-refractivity contribution in [2.75, 3.05) is 0 Å². The van der Waals surface area contributed by atoms with E-state index in [0.717, 1.165) is 6.92 Å². The van der Waals surface area contributed by atoms with Gasteiger partial charge in [0.2, 0.25) is 0 Å². The van der Waals surface area contributed by atoms with Gasteiger partial charge in [-0.1, -0.05) is 0 Å². The summed E-state index contributed by atoms with van der Waals surface area (Å²) in [5.41, 5.74) is 0. The predicted molar refractivity (Wildman–Crippen MR) is 22.1 cm³/mol. The molecule has 0 aliphatic heterocycles. The van der Waals surface area contributed by atoms with Gasteiger partial charge >= 0.3 is 118 Å². The van der Waals surface area contributed by atoms with Crippen molar-refractivity contribution in [3.8, 4) is 0 Å². The molecule has 0 amide bonds. The monoisotopic (exact) mass is 256 g/mol. The van der Waals surface area contributed by atoms with Crippen LogP contribution in [-0.2, 0) is 9.59 Å². The second-order valence-corrected chi connectivity index (χ2v) is 0.838. The number of carboxylic acids is 1. The van der Waals surface area contributed by atoms with Crippen LogP contribution in [0.2, 0.25) is 0 Å². The van der Waals surface area contributed by atoms with Crippen LogP contribution < -0.4 is 139 Å². The summed E-state index contributed by atoms with van der Waals surface area (Å²) >= 11 is 0. The van der Waals surface area contributed by atoms with Crippen LogP contribution >= 0.6 is 0 Å². The molecule has 0 spiro atoms. The number of carboxylic acid groups (broad SMARTS) is 4. The zero-order chi connectivity index (χ0) is 9.86. The van der Waals surface area contributed by atoms with E-state index in [9.17, 15) is 0 Å². The Labute approximate surface area is 175 Å². The number of hydrogen-bond acceptors (Lipinski definition) is 7. The summed E-state index contributed by atoms with van der Waals surface area (Å²) < 4.78 is 0. The average molecular weight is 256 g/mol. The first-order valence-electron chi connectivity index (χ1n) is 1.99. The maximum Gasteiger partial charge on any atom is 1.00 e. The summed E-state index contributed by atoms with van der Waals surface area (Å²) in [4.78, 5) is 25.5. The van der Waals surface area contributed by atoms with Gasteiger partial charge in [-0.05, 0) is 13.1 Å². The summed E-state index contributed by atoms with van der Waals surface area (Å²) in [7, 11) is 0. The average Bonchev–Trinajstić information content (AvgIpc) is 1.60. The van der Waals surface area contributed by atoms with E-state index in [0.29, 0.717) is 0 Å². The number of hydrogen-bond donors (Lipinski definition) is 0. The Kier molecular flexibility index (Phi) is 128. The van der Waals surface area contributed by atoms with Crippen LogP contribution in [0, 0.1) is 0 Å². The smallest absolute Gasteiger partial charge is 0.652 e. The summed E-state index contributed by atoms with van der Waals surface area (Å²) in [5.74, 6) is -1.08. The quantitative estimate of drug-likeness (QED) is 0.309. The molecule has 0 atom stereocenters. The first-order valence-corrected chi connectivity index (χ1v) is 1.99. The zero-order valence-electron chi connectivity index (χ0n) is 9.44. The fourth-order valence-electron chi connectivity index (χ4n) is 0. The first-order chi connectivity index (χ1) is 4.88. The van der Waals surface area contributed by atoms with E-state index in [-0.39, 0.29) is 118 Å². The maximum absolute atomic E-state index is 8.89. The van der Waals surface area contributed by atoms with E-state index in [1.165, 1.54) is 0 Å². The standard InChI is InChI=1S/C2H4O2.CH2O3.CH2O2.4Na/c1-2(3)4;2-1(3)4;2-1-3;;;;/h1H3,(H,3,4);(H2,2,3,4);1H,(H,2,3);;;;/q;;;4*+1/p-4. The van der Waals surface area contributed by atoms with Gasteiger partial charge in [-0.2, -0.15) is 0 Å². The minimum absolute atomic E-state index is 0. The van der Waals surface area contributed by atoms with Crippen LogP contribution in [0.3, 0.4) is 0 Å². The van der Waals surface area contributed by atoms with E-state index in [1.807, 2.05) is 0 Å². The van der Waals surface area contributed by atoms with Gasteiger partial charge in [0.1, 0.15) is 0 Å². The Morgan fingerprint density at radius 1 is 0.933 bits per heavy atom. The third-order valence-corrected chi connectivity index (χ3v) is 0. The summed E-state index contributed by atoms with van der Waals surface area (Å²) in [6.07, 6.45) is -2.33. The van der Waals surface area contributed by atoms with Crippen molar-refractivity contribution >= 4 is 18.6 Å². The van der Waals surface area contributed by atoms with Crippen LogP contribution in [0.25, 0.3) is 0 Å². The molecule has 11 heteroatoms. The van der Waals surface area contributed by atoms with E-state index >= 15 is 0 Å². The molecule has 0 aliphatic rings. The van der Waals surface area contributed by atoms with Gasteiger partial charge in [0.15, 0.2) is 0 Å². The summed E-state index contributed by atoms with van der Waals surface area (Å²) in [5, 5.41) is 33.8. The van der Waals surface area contributed by atoms with E-state index in [2.05, 4.69) is 0 Å². The second-order valence-electron chi connectivity index (χ2n) is 0.838. The van der Waals surface area contributed by atoms with Crippen LogP contribution in [0.15, 0.2) is 0 Å². The Morgan fingerprint density at radius 2 is 0.933 bits per heavy atom. The van der Waals surface area contributed by atoms with E-state index < -0.39 is 18.6 Å². The molecular weight excluding hydrogens is 252 g/mol. The molecule has 0 aromatic carbocycles. The molecule has 0 bridgehead atoms. The molecule has 0 fully saturated rings. The van der Waals surface area contributed by atoms with Gasteiger partial charge < -0.3 is 34.8 Å². The van der Waals surface area contributed by atoms with E-state index in [4.69, 9.17) is 34.8 Å². The van der Waals surface area contributed by atoms with Crippen LogP contribution in [-0.4, -0.2) is 18.6 Å². The topological polar surface area (TPSA) is 143 Å². The molecule has 0 heterocycles. The number of rotatable bonds is 0. The van der Waals surface area contributed by atoms with Gasteiger partial charge in [-0.3, -0.25) is 0 Å². The van der Waals surface area contributed by atoms with Crippen molar-refractivity contribution in [1.82, 2.24) is 0 Å². The number of carbonyl (C=O) groups is 3. The molecule has 0 aliphatic carbocycles. The van der Waals surface area contributed by atoms with Crippen LogP contribution in [0.4, 0.5) is 4.79 Å². The Balaban J connectivity index is -0.0000000114. The van der Waals surface area contributed by atoms with Gasteiger partial charge in [0.25, 0.3) is 0 Å². The van der Waals surface area contributed by atoms with Gasteiger partial charge in [0.05, 0.1) is 0 Å².